The first-order valence-corrected chi connectivity index (χ1v) is 12.2. The lowest BCUT2D eigenvalue weighted by Crippen LogP contribution is -2.29. The third-order valence-electron chi connectivity index (χ3n) is 6.25. The van der Waals surface area contributed by atoms with Crippen LogP contribution < -0.4 is 18.9 Å². The molecule has 8 nitrogen and oxygen atoms in total. The molecule has 0 spiro atoms. The Morgan fingerprint density at radius 1 is 0.842 bits per heavy atom. The Hall–Kier alpha value is -3.88. The zero-order chi connectivity index (χ0) is 27.6. The summed E-state index contributed by atoms with van der Waals surface area (Å²) in [4.78, 5) is 28.1. The predicted octanol–water partition coefficient (Wildman–Crippen LogP) is 5.65. The average Bonchev–Trinajstić information content (AvgIpc) is 3.17. The van der Waals surface area contributed by atoms with Crippen LogP contribution in [0.2, 0.25) is 10.0 Å². The largest absolute Gasteiger partial charge is 0.507 e. The van der Waals surface area contributed by atoms with E-state index in [2.05, 4.69) is 0 Å². The summed E-state index contributed by atoms with van der Waals surface area (Å²) in [6, 6.07) is 14.1. The highest BCUT2D eigenvalue weighted by Gasteiger charge is 2.46. The van der Waals surface area contributed by atoms with Gasteiger partial charge in [-0.15, -0.1) is 0 Å². The van der Waals surface area contributed by atoms with Crippen molar-refractivity contribution in [3.05, 3.63) is 86.9 Å². The van der Waals surface area contributed by atoms with Crippen LogP contribution in [0.3, 0.4) is 0 Å². The van der Waals surface area contributed by atoms with Gasteiger partial charge in [0.2, 0.25) is 0 Å². The lowest BCUT2D eigenvalue weighted by molar-refractivity contribution is -0.140. The van der Waals surface area contributed by atoms with Crippen LogP contribution in [0.5, 0.6) is 23.0 Å². The molecule has 1 saturated heterocycles. The number of halogens is 2. The monoisotopic (exact) mass is 557 g/mol. The van der Waals surface area contributed by atoms with Crippen molar-refractivity contribution in [2.24, 2.45) is 0 Å². The summed E-state index contributed by atoms with van der Waals surface area (Å²) in [6.07, 6.45) is 0. The molecule has 10 heteroatoms. The SMILES string of the molecule is COc1ccc(C2/C(=C(\O)c3cc(Cl)c(OC)c(Cl)c3)C(=O)C(=O)N2Cc2ccc(OC)c(OC)c2)cc1. The van der Waals surface area contributed by atoms with Gasteiger partial charge in [0.05, 0.1) is 50.1 Å². The van der Waals surface area contributed by atoms with Crippen LogP contribution in [0.15, 0.2) is 60.2 Å². The van der Waals surface area contributed by atoms with Crippen molar-refractivity contribution < 1.29 is 33.6 Å². The Balaban J connectivity index is 1.86. The van der Waals surface area contributed by atoms with Crippen molar-refractivity contribution in [3.8, 4) is 23.0 Å². The third-order valence-corrected chi connectivity index (χ3v) is 6.81. The maximum Gasteiger partial charge on any atom is 0.295 e. The Kier molecular flexibility index (Phi) is 8.04. The highest BCUT2D eigenvalue weighted by molar-refractivity contribution is 6.46. The first-order chi connectivity index (χ1) is 18.2. The Bertz CT molecular complexity index is 1400. The van der Waals surface area contributed by atoms with E-state index in [1.54, 1.807) is 42.5 Å². The molecule has 0 radical (unpaired) electrons. The summed E-state index contributed by atoms with van der Waals surface area (Å²) in [5.41, 5.74) is 1.36. The number of Topliss-reactive ketones (excluding diaryl/α,β-unsaturated/α-hetero) is 1. The van der Waals surface area contributed by atoms with Gasteiger partial charge in [0, 0.05) is 12.1 Å². The molecule has 1 atom stereocenters. The number of aliphatic hydroxyl groups excluding tert-OH is 1. The molecular formula is C28H25Cl2NO7. The van der Waals surface area contributed by atoms with Crippen LogP contribution in [0.25, 0.3) is 5.76 Å². The van der Waals surface area contributed by atoms with Crippen LogP contribution in [0, 0.1) is 0 Å². The molecule has 198 valence electrons. The summed E-state index contributed by atoms with van der Waals surface area (Å²) in [5.74, 6) is -0.196. The fourth-order valence-corrected chi connectivity index (χ4v) is 5.04. The van der Waals surface area contributed by atoms with E-state index in [9.17, 15) is 14.7 Å². The van der Waals surface area contributed by atoms with E-state index in [0.29, 0.717) is 28.4 Å². The van der Waals surface area contributed by atoms with E-state index < -0.39 is 23.5 Å². The van der Waals surface area contributed by atoms with Crippen LogP contribution in [-0.4, -0.2) is 50.1 Å². The van der Waals surface area contributed by atoms with Gasteiger partial charge in [-0.05, 0) is 47.5 Å². The van der Waals surface area contributed by atoms with Crippen LogP contribution in [-0.2, 0) is 16.1 Å². The summed E-state index contributed by atoms with van der Waals surface area (Å²) >= 11 is 12.6. The second kappa shape index (κ2) is 11.2. The highest BCUT2D eigenvalue weighted by Crippen LogP contribution is 2.43. The predicted molar refractivity (Wildman–Crippen MR) is 143 cm³/mol. The number of hydrogen-bond acceptors (Lipinski definition) is 7. The Morgan fingerprint density at radius 3 is 2.03 bits per heavy atom. The minimum Gasteiger partial charge on any atom is -0.507 e. The fourth-order valence-electron chi connectivity index (χ4n) is 4.40. The normalized spacial score (nSPS) is 16.5. The van der Waals surface area contributed by atoms with Gasteiger partial charge in [0.25, 0.3) is 11.7 Å². The molecule has 1 heterocycles. The summed E-state index contributed by atoms with van der Waals surface area (Å²) < 4.78 is 21.1. The molecule has 0 aliphatic carbocycles. The number of carbonyl (C=O) groups excluding carboxylic acids is 2. The Morgan fingerprint density at radius 2 is 1.47 bits per heavy atom. The molecular weight excluding hydrogens is 533 g/mol. The van der Waals surface area contributed by atoms with Crippen molar-refractivity contribution in [1.82, 2.24) is 4.90 Å². The average molecular weight is 558 g/mol. The topological polar surface area (TPSA) is 94.5 Å². The van der Waals surface area contributed by atoms with Crippen molar-refractivity contribution in [2.75, 3.05) is 28.4 Å². The number of methoxy groups -OCH3 is 4. The third kappa shape index (κ3) is 4.97. The van der Waals surface area contributed by atoms with Gasteiger partial charge in [-0.1, -0.05) is 41.4 Å². The lowest BCUT2D eigenvalue weighted by Gasteiger charge is -2.26. The molecule has 0 bridgehead atoms. The number of ether oxygens (including phenoxy) is 4. The Labute approximate surface area is 229 Å². The molecule has 3 aromatic rings. The number of aliphatic hydroxyl groups is 1. The number of rotatable bonds is 8. The maximum atomic E-state index is 13.4. The molecule has 0 aromatic heterocycles. The van der Waals surface area contributed by atoms with E-state index >= 15 is 0 Å². The van der Waals surface area contributed by atoms with Gasteiger partial charge in [-0.3, -0.25) is 9.59 Å². The minimum atomic E-state index is -0.909. The first kappa shape index (κ1) is 27.2. The molecule has 0 saturated carbocycles. The smallest absolute Gasteiger partial charge is 0.295 e. The molecule has 1 unspecified atom stereocenters. The van der Waals surface area contributed by atoms with E-state index in [4.69, 9.17) is 42.1 Å². The molecule has 38 heavy (non-hydrogen) atoms. The van der Waals surface area contributed by atoms with Crippen LogP contribution in [0.4, 0.5) is 0 Å². The van der Waals surface area contributed by atoms with Crippen molar-refractivity contribution in [1.29, 1.82) is 0 Å². The first-order valence-electron chi connectivity index (χ1n) is 11.4. The van der Waals surface area contributed by atoms with Gasteiger partial charge in [-0.25, -0.2) is 0 Å². The van der Waals surface area contributed by atoms with Crippen LogP contribution in [0.1, 0.15) is 22.7 Å². The number of nitrogens with zero attached hydrogens (tertiary/aromatic N) is 1. The van der Waals surface area contributed by atoms with E-state index in [1.165, 1.54) is 45.5 Å². The highest BCUT2D eigenvalue weighted by atomic mass is 35.5. The lowest BCUT2D eigenvalue weighted by atomic mass is 9.95. The van der Waals surface area contributed by atoms with Crippen molar-refractivity contribution >= 4 is 40.7 Å². The minimum absolute atomic E-state index is 0.0581. The zero-order valence-electron chi connectivity index (χ0n) is 21.1. The number of amides is 1. The molecule has 3 aromatic carbocycles. The number of hydrogen-bond donors (Lipinski definition) is 1. The zero-order valence-corrected chi connectivity index (χ0v) is 22.6. The summed E-state index contributed by atoms with van der Waals surface area (Å²) in [7, 11) is 5.99. The molecule has 1 aliphatic heterocycles. The molecule has 1 fully saturated rings. The summed E-state index contributed by atoms with van der Waals surface area (Å²) in [6.45, 7) is 0.0581. The molecule has 1 amide bonds. The van der Waals surface area contributed by atoms with E-state index in [-0.39, 0.29) is 33.5 Å². The van der Waals surface area contributed by atoms with Crippen molar-refractivity contribution in [2.45, 2.75) is 12.6 Å². The molecule has 4 rings (SSSR count). The second-order valence-corrected chi connectivity index (χ2v) is 9.18. The second-order valence-electron chi connectivity index (χ2n) is 8.36. The number of ketones is 1. The van der Waals surface area contributed by atoms with Gasteiger partial charge in [0.1, 0.15) is 11.5 Å². The van der Waals surface area contributed by atoms with Crippen molar-refractivity contribution in [3.63, 3.8) is 0 Å². The number of likely N-dealkylation sites (tertiary alicyclic amines) is 1. The molecule has 1 aliphatic rings. The maximum absolute atomic E-state index is 13.4. The van der Waals surface area contributed by atoms with Gasteiger partial charge in [0.15, 0.2) is 17.2 Å². The van der Waals surface area contributed by atoms with Crippen LogP contribution >= 0.6 is 23.2 Å². The fraction of sp³-hybridized carbons (Fsp3) is 0.214. The van der Waals surface area contributed by atoms with Gasteiger partial charge < -0.3 is 29.0 Å². The summed E-state index contributed by atoms with van der Waals surface area (Å²) in [5, 5.41) is 11.6. The van der Waals surface area contributed by atoms with Gasteiger partial charge in [-0.2, -0.15) is 0 Å². The van der Waals surface area contributed by atoms with E-state index in [0.717, 1.165) is 0 Å². The molecule has 1 N–H and O–H groups in total. The standard InChI is InChI=1S/C28H25Cl2NO7/c1-35-18-8-6-16(7-9-18)24-23(25(32)17-12-19(29)27(38-4)20(30)13-17)26(33)28(34)31(24)14-15-5-10-21(36-2)22(11-15)37-3/h5-13,24,32H,14H2,1-4H3/b25-23+. The van der Waals surface area contributed by atoms with Gasteiger partial charge >= 0.3 is 0 Å². The van der Waals surface area contributed by atoms with E-state index in [1.807, 2.05) is 0 Å². The number of benzene rings is 3. The number of carbonyl (C=O) groups is 2. The quantitative estimate of drug-likeness (QED) is 0.217.